The van der Waals surface area contributed by atoms with Gasteiger partial charge in [0.25, 0.3) is 0 Å². The average Bonchev–Trinajstić information content (AvgIpc) is 2.78. The average molecular weight is 279 g/mol. The molecule has 1 aromatic heterocycles. The van der Waals surface area contributed by atoms with E-state index in [1.54, 1.807) is 0 Å². The number of rotatable bonds is 6. The molecule has 3 unspecified atom stereocenters. The van der Waals surface area contributed by atoms with Gasteiger partial charge >= 0.3 is 0 Å². The van der Waals surface area contributed by atoms with Crippen LogP contribution < -0.4 is 5.32 Å². The van der Waals surface area contributed by atoms with E-state index < -0.39 is 0 Å². The minimum atomic E-state index is 0.406. The molecule has 0 radical (unpaired) electrons. The van der Waals surface area contributed by atoms with Gasteiger partial charge in [0.05, 0.1) is 6.10 Å². The predicted octanol–water partition coefficient (Wildman–Crippen LogP) is 4.04. The van der Waals surface area contributed by atoms with Crippen LogP contribution in [-0.4, -0.2) is 12.6 Å². The summed E-state index contributed by atoms with van der Waals surface area (Å²) in [6.07, 6.45) is 4.07. The molecule has 1 saturated carbocycles. The highest BCUT2D eigenvalue weighted by molar-refractivity contribution is 5.20. The van der Waals surface area contributed by atoms with Crippen LogP contribution in [0.2, 0.25) is 0 Å². The van der Waals surface area contributed by atoms with E-state index in [0.29, 0.717) is 12.7 Å². The van der Waals surface area contributed by atoms with Crippen molar-refractivity contribution in [3.63, 3.8) is 0 Å². The zero-order chi connectivity index (χ0) is 14.5. The van der Waals surface area contributed by atoms with E-state index in [2.05, 4.69) is 32.2 Å². The number of hydrogen-bond donors (Lipinski definition) is 1. The zero-order valence-corrected chi connectivity index (χ0v) is 13.4. The highest BCUT2D eigenvalue weighted by atomic mass is 16.5. The van der Waals surface area contributed by atoms with Gasteiger partial charge in [-0.3, -0.25) is 0 Å². The first-order valence-corrected chi connectivity index (χ1v) is 8.00. The lowest BCUT2D eigenvalue weighted by atomic mass is 9.80. The Morgan fingerprint density at radius 1 is 1.30 bits per heavy atom. The predicted molar refractivity (Wildman–Crippen MR) is 81.6 cm³/mol. The molecule has 0 saturated heterocycles. The number of ether oxygens (including phenoxy) is 1. The van der Waals surface area contributed by atoms with Crippen LogP contribution in [0, 0.1) is 18.8 Å². The zero-order valence-electron chi connectivity index (χ0n) is 13.4. The minimum absolute atomic E-state index is 0.406. The summed E-state index contributed by atoms with van der Waals surface area (Å²) in [7, 11) is 0. The van der Waals surface area contributed by atoms with Crippen LogP contribution in [0.4, 0.5) is 0 Å². The molecule has 1 fully saturated rings. The molecule has 3 heteroatoms. The van der Waals surface area contributed by atoms with Gasteiger partial charge in [0.1, 0.15) is 18.1 Å². The lowest BCUT2D eigenvalue weighted by Gasteiger charge is -2.31. The van der Waals surface area contributed by atoms with Crippen molar-refractivity contribution >= 4 is 0 Å². The quantitative estimate of drug-likeness (QED) is 0.853. The van der Waals surface area contributed by atoms with E-state index in [1.165, 1.54) is 24.8 Å². The van der Waals surface area contributed by atoms with Crippen LogP contribution in [-0.2, 0) is 17.9 Å². The molecule has 1 aromatic rings. The monoisotopic (exact) mass is 279 g/mol. The van der Waals surface area contributed by atoms with Crippen molar-refractivity contribution in [2.45, 2.75) is 66.2 Å². The third-order valence-corrected chi connectivity index (χ3v) is 4.65. The Bertz CT molecular complexity index is 413. The molecule has 114 valence electrons. The minimum Gasteiger partial charge on any atom is -0.464 e. The van der Waals surface area contributed by atoms with Crippen molar-refractivity contribution in [3.05, 3.63) is 23.2 Å². The van der Waals surface area contributed by atoms with E-state index in [0.717, 1.165) is 36.4 Å². The van der Waals surface area contributed by atoms with Gasteiger partial charge in [-0.15, -0.1) is 0 Å². The summed E-state index contributed by atoms with van der Waals surface area (Å²) in [5.74, 6) is 3.58. The first-order valence-electron chi connectivity index (χ1n) is 8.00. The molecule has 3 atom stereocenters. The van der Waals surface area contributed by atoms with Crippen molar-refractivity contribution in [1.82, 2.24) is 5.32 Å². The normalized spacial score (nSPS) is 26.9. The second-order valence-corrected chi connectivity index (χ2v) is 6.28. The molecule has 1 N–H and O–H groups in total. The van der Waals surface area contributed by atoms with Crippen LogP contribution in [0.3, 0.4) is 0 Å². The van der Waals surface area contributed by atoms with Crippen molar-refractivity contribution in [3.8, 4) is 0 Å². The third-order valence-electron chi connectivity index (χ3n) is 4.65. The number of nitrogens with one attached hydrogen (secondary N) is 1. The summed E-state index contributed by atoms with van der Waals surface area (Å²) < 4.78 is 11.8. The Labute approximate surface area is 123 Å². The third kappa shape index (κ3) is 4.10. The number of furan rings is 1. The van der Waals surface area contributed by atoms with Gasteiger partial charge in [-0.25, -0.2) is 0 Å². The molecule has 2 rings (SSSR count). The second-order valence-electron chi connectivity index (χ2n) is 6.28. The van der Waals surface area contributed by atoms with Gasteiger partial charge in [0.15, 0.2) is 0 Å². The Kier molecular flexibility index (Phi) is 5.67. The van der Waals surface area contributed by atoms with E-state index in [1.807, 2.05) is 6.92 Å². The molecule has 0 amide bonds. The number of aryl methyl sites for hydroxylation is 1. The van der Waals surface area contributed by atoms with Crippen LogP contribution in [0.25, 0.3) is 0 Å². The maximum atomic E-state index is 6.05. The Morgan fingerprint density at radius 3 is 2.80 bits per heavy atom. The SMILES string of the molecule is CCNCc1cc(COC2CCC(C)C(C)C2)oc1C. The van der Waals surface area contributed by atoms with Gasteiger partial charge in [0.2, 0.25) is 0 Å². The van der Waals surface area contributed by atoms with Crippen LogP contribution in [0.15, 0.2) is 10.5 Å². The molecule has 1 aliphatic carbocycles. The highest BCUT2D eigenvalue weighted by Crippen LogP contribution is 2.31. The molecule has 0 aromatic carbocycles. The Hall–Kier alpha value is -0.800. The fourth-order valence-corrected chi connectivity index (χ4v) is 2.94. The summed E-state index contributed by atoms with van der Waals surface area (Å²) in [6, 6.07) is 2.13. The Balaban J connectivity index is 1.82. The molecule has 0 spiro atoms. The second kappa shape index (κ2) is 7.28. The standard InChI is InChI=1S/C17H29NO2/c1-5-18-10-15-9-17(20-14(15)4)11-19-16-7-6-12(2)13(3)8-16/h9,12-13,16,18H,5-8,10-11H2,1-4H3. The van der Waals surface area contributed by atoms with Crippen molar-refractivity contribution in [1.29, 1.82) is 0 Å². The molecule has 1 heterocycles. The van der Waals surface area contributed by atoms with E-state index >= 15 is 0 Å². The topological polar surface area (TPSA) is 34.4 Å². The molecule has 3 nitrogen and oxygen atoms in total. The van der Waals surface area contributed by atoms with Gasteiger partial charge < -0.3 is 14.5 Å². The molecule has 20 heavy (non-hydrogen) atoms. The maximum absolute atomic E-state index is 6.05. The van der Waals surface area contributed by atoms with E-state index in [9.17, 15) is 0 Å². The molecule has 1 aliphatic rings. The summed E-state index contributed by atoms with van der Waals surface area (Å²) >= 11 is 0. The first kappa shape index (κ1) is 15.6. The van der Waals surface area contributed by atoms with Crippen LogP contribution >= 0.6 is 0 Å². The summed E-state index contributed by atoms with van der Waals surface area (Å²) in [5.41, 5.74) is 1.25. The van der Waals surface area contributed by atoms with Gasteiger partial charge in [-0.2, -0.15) is 0 Å². The molecular weight excluding hydrogens is 250 g/mol. The van der Waals surface area contributed by atoms with E-state index in [4.69, 9.17) is 9.15 Å². The Morgan fingerprint density at radius 2 is 2.10 bits per heavy atom. The fourth-order valence-electron chi connectivity index (χ4n) is 2.94. The van der Waals surface area contributed by atoms with Crippen molar-refractivity contribution in [2.24, 2.45) is 11.8 Å². The summed E-state index contributed by atoms with van der Waals surface area (Å²) in [4.78, 5) is 0. The fraction of sp³-hybridized carbons (Fsp3) is 0.765. The highest BCUT2D eigenvalue weighted by Gasteiger charge is 2.25. The first-order chi connectivity index (χ1) is 9.60. The van der Waals surface area contributed by atoms with Crippen LogP contribution in [0.1, 0.15) is 57.1 Å². The van der Waals surface area contributed by atoms with Crippen molar-refractivity contribution in [2.75, 3.05) is 6.54 Å². The summed E-state index contributed by atoms with van der Waals surface area (Å²) in [6.45, 7) is 11.3. The van der Waals surface area contributed by atoms with Gasteiger partial charge in [-0.1, -0.05) is 20.8 Å². The molecule has 0 aliphatic heterocycles. The summed E-state index contributed by atoms with van der Waals surface area (Å²) in [5, 5.41) is 3.33. The van der Waals surface area contributed by atoms with E-state index in [-0.39, 0.29) is 0 Å². The maximum Gasteiger partial charge on any atom is 0.130 e. The largest absolute Gasteiger partial charge is 0.464 e. The van der Waals surface area contributed by atoms with Crippen molar-refractivity contribution < 1.29 is 9.15 Å². The number of hydrogen-bond acceptors (Lipinski definition) is 3. The lowest BCUT2D eigenvalue weighted by molar-refractivity contribution is -0.0141. The molecule has 0 bridgehead atoms. The smallest absolute Gasteiger partial charge is 0.130 e. The van der Waals surface area contributed by atoms with Gasteiger partial charge in [-0.05, 0) is 50.6 Å². The van der Waals surface area contributed by atoms with Gasteiger partial charge in [0, 0.05) is 12.1 Å². The lowest BCUT2D eigenvalue weighted by Crippen LogP contribution is -2.26. The molecular formula is C17H29NO2. The van der Waals surface area contributed by atoms with Crippen LogP contribution in [0.5, 0.6) is 0 Å².